The number of nitrogens with two attached hydrogens (primary N) is 1. The monoisotopic (exact) mass is 326 g/mol. The van der Waals surface area contributed by atoms with Gasteiger partial charge in [0.1, 0.15) is 17.6 Å². The molecule has 1 aromatic carbocycles. The highest BCUT2D eigenvalue weighted by Crippen LogP contribution is 2.42. The van der Waals surface area contributed by atoms with Gasteiger partial charge in [-0.3, -0.25) is 4.79 Å². The average molecular weight is 326 g/mol. The molecule has 1 aromatic heterocycles. The third kappa shape index (κ3) is 2.64. The van der Waals surface area contributed by atoms with Crippen LogP contribution in [0.25, 0.3) is 11.1 Å². The van der Waals surface area contributed by atoms with Crippen molar-refractivity contribution in [2.75, 3.05) is 0 Å². The van der Waals surface area contributed by atoms with Crippen molar-refractivity contribution in [1.29, 1.82) is 0 Å². The van der Waals surface area contributed by atoms with Crippen LogP contribution >= 0.6 is 0 Å². The number of benzene rings is 1. The molecule has 0 radical (unpaired) electrons. The Morgan fingerprint density at radius 1 is 1.25 bits per heavy atom. The van der Waals surface area contributed by atoms with E-state index in [1.807, 2.05) is 13.0 Å². The van der Waals surface area contributed by atoms with E-state index >= 15 is 0 Å². The number of hydrogen-bond donors (Lipinski definition) is 1. The molecule has 0 spiro atoms. The molecule has 2 N–H and O–H groups in total. The van der Waals surface area contributed by atoms with Gasteiger partial charge in [-0.25, -0.2) is 9.37 Å². The number of ether oxygens (including phenoxy) is 1. The quantitative estimate of drug-likeness (QED) is 0.940. The maximum atomic E-state index is 14.5. The molecule has 4 nitrogen and oxygen atoms in total. The van der Waals surface area contributed by atoms with Crippen LogP contribution in [0.4, 0.5) is 4.39 Å². The molecule has 1 fully saturated rings. The van der Waals surface area contributed by atoms with Crippen molar-refractivity contribution in [3.63, 3.8) is 0 Å². The van der Waals surface area contributed by atoms with Crippen molar-refractivity contribution in [3.8, 4) is 17.0 Å². The smallest absolute Gasteiger partial charge is 0.267 e. The van der Waals surface area contributed by atoms with Crippen LogP contribution in [-0.4, -0.2) is 17.0 Å². The van der Waals surface area contributed by atoms with Gasteiger partial charge < -0.3 is 10.5 Å². The van der Waals surface area contributed by atoms with Crippen LogP contribution in [-0.2, 0) is 6.42 Å². The topological polar surface area (TPSA) is 65.2 Å². The number of aromatic nitrogens is 1. The van der Waals surface area contributed by atoms with Crippen molar-refractivity contribution in [3.05, 3.63) is 46.9 Å². The summed E-state index contributed by atoms with van der Waals surface area (Å²) in [6.45, 7) is 1.84. The fourth-order valence-corrected chi connectivity index (χ4v) is 3.38. The maximum Gasteiger partial charge on any atom is 0.267 e. The molecule has 2 aliphatic rings. The van der Waals surface area contributed by atoms with Gasteiger partial charge in [-0.05, 0) is 61.8 Å². The summed E-state index contributed by atoms with van der Waals surface area (Å²) in [6.07, 6.45) is 4.16. The highest BCUT2D eigenvalue weighted by Gasteiger charge is 2.36. The zero-order valence-electron chi connectivity index (χ0n) is 13.5. The Balaban J connectivity index is 1.85. The van der Waals surface area contributed by atoms with Crippen LogP contribution in [0, 0.1) is 18.7 Å². The number of primary amides is 1. The van der Waals surface area contributed by atoms with Crippen molar-refractivity contribution >= 4 is 5.91 Å². The second-order valence-electron chi connectivity index (χ2n) is 6.72. The maximum absolute atomic E-state index is 14.5. The lowest BCUT2D eigenvalue weighted by Crippen LogP contribution is -2.27. The lowest BCUT2D eigenvalue weighted by Gasteiger charge is -2.27. The molecule has 24 heavy (non-hydrogen) atoms. The Hall–Kier alpha value is -2.43. The Morgan fingerprint density at radius 3 is 2.71 bits per heavy atom. The minimum atomic E-state index is -0.635. The predicted octanol–water partition coefficient (Wildman–Crippen LogP) is 3.40. The molecule has 124 valence electrons. The second kappa shape index (κ2) is 5.58. The number of pyridine rings is 1. The third-order valence-electron chi connectivity index (χ3n) is 4.84. The van der Waals surface area contributed by atoms with Gasteiger partial charge in [0.15, 0.2) is 0 Å². The van der Waals surface area contributed by atoms with Gasteiger partial charge in [0.05, 0.1) is 0 Å². The Morgan fingerprint density at radius 2 is 2.04 bits per heavy atom. The molecule has 0 saturated heterocycles. The molecule has 1 saturated carbocycles. The highest BCUT2D eigenvalue weighted by atomic mass is 19.1. The van der Waals surface area contributed by atoms with Crippen LogP contribution in [0.1, 0.15) is 40.9 Å². The predicted molar refractivity (Wildman–Crippen MR) is 88.3 cm³/mol. The summed E-state index contributed by atoms with van der Waals surface area (Å²) >= 11 is 0. The number of halogens is 1. The number of carbonyl (C=O) groups is 1. The minimum absolute atomic E-state index is 0.111. The number of carbonyl (C=O) groups excluding carboxylic acids is 1. The van der Waals surface area contributed by atoms with E-state index in [1.54, 1.807) is 12.1 Å². The zero-order chi connectivity index (χ0) is 16.8. The fraction of sp³-hybridized carbons (Fsp3) is 0.368. The number of rotatable bonds is 3. The fourth-order valence-electron chi connectivity index (χ4n) is 3.38. The number of nitrogens with zero attached hydrogens (tertiary/aromatic N) is 1. The highest BCUT2D eigenvalue weighted by molar-refractivity contribution is 5.93. The van der Waals surface area contributed by atoms with Crippen molar-refractivity contribution in [2.45, 2.75) is 38.7 Å². The van der Waals surface area contributed by atoms with Gasteiger partial charge >= 0.3 is 0 Å². The Kier molecular flexibility index (Phi) is 3.52. The minimum Gasteiger partial charge on any atom is -0.474 e. The Bertz CT molecular complexity index is 830. The number of aryl methyl sites for hydroxylation is 1. The van der Waals surface area contributed by atoms with Crippen molar-refractivity contribution in [2.24, 2.45) is 11.7 Å². The summed E-state index contributed by atoms with van der Waals surface area (Å²) in [5, 5.41) is 0. The molecule has 1 amide bonds. The SMILES string of the molecule is Cc1ccc(-c2cc(C(N)=O)nc3c2CC[C@@H](C2CC2)O3)c(F)c1. The van der Waals surface area contributed by atoms with Crippen LogP contribution in [0.2, 0.25) is 0 Å². The van der Waals surface area contributed by atoms with Gasteiger partial charge in [0.25, 0.3) is 5.91 Å². The second-order valence-corrected chi connectivity index (χ2v) is 6.72. The summed E-state index contributed by atoms with van der Waals surface area (Å²) < 4.78 is 20.5. The van der Waals surface area contributed by atoms with Crippen LogP contribution in [0.3, 0.4) is 0 Å². The first-order valence-corrected chi connectivity index (χ1v) is 8.30. The average Bonchev–Trinajstić information content (AvgIpc) is 3.38. The van der Waals surface area contributed by atoms with E-state index in [0.29, 0.717) is 22.9 Å². The molecule has 5 heteroatoms. The molecule has 0 bridgehead atoms. The van der Waals surface area contributed by atoms with E-state index in [0.717, 1.165) is 24.0 Å². The van der Waals surface area contributed by atoms with E-state index in [1.165, 1.54) is 18.9 Å². The lowest BCUT2D eigenvalue weighted by atomic mass is 9.92. The molecule has 1 aliphatic heterocycles. The van der Waals surface area contributed by atoms with E-state index < -0.39 is 5.91 Å². The van der Waals surface area contributed by atoms with Gasteiger partial charge in [0.2, 0.25) is 5.88 Å². The van der Waals surface area contributed by atoms with Gasteiger partial charge in [-0.15, -0.1) is 0 Å². The summed E-state index contributed by atoms with van der Waals surface area (Å²) in [4.78, 5) is 15.9. The van der Waals surface area contributed by atoms with Gasteiger partial charge in [0, 0.05) is 11.1 Å². The van der Waals surface area contributed by atoms with Crippen LogP contribution in [0.5, 0.6) is 5.88 Å². The first-order chi connectivity index (χ1) is 11.5. The summed E-state index contributed by atoms with van der Waals surface area (Å²) in [6, 6.07) is 6.66. The largest absolute Gasteiger partial charge is 0.474 e. The lowest BCUT2D eigenvalue weighted by molar-refractivity contribution is 0.0990. The van der Waals surface area contributed by atoms with E-state index in [9.17, 15) is 9.18 Å². The van der Waals surface area contributed by atoms with Gasteiger partial charge in [-0.1, -0.05) is 12.1 Å². The zero-order valence-corrected chi connectivity index (χ0v) is 13.5. The standard InChI is InChI=1S/C19H19FN2O2/c1-10-2-5-12(15(20)8-10)14-9-16(18(21)23)22-19-13(14)6-7-17(24-19)11-3-4-11/h2,5,8-9,11,17H,3-4,6-7H2,1H3,(H2,21,23)/t17-/m0/s1. The molecule has 2 aromatic rings. The Labute approximate surface area is 139 Å². The molecule has 2 heterocycles. The first kappa shape index (κ1) is 15.1. The summed E-state index contributed by atoms with van der Waals surface area (Å²) in [7, 11) is 0. The first-order valence-electron chi connectivity index (χ1n) is 8.30. The van der Waals surface area contributed by atoms with E-state index in [-0.39, 0.29) is 17.6 Å². The van der Waals surface area contributed by atoms with Gasteiger partial charge in [-0.2, -0.15) is 0 Å². The number of hydrogen-bond acceptors (Lipinski definition) is 3. The molecule has 4 rings (SSSR count). The van der Waals surface area contributed by atoms with E-state index in [4.69, 9.17) is 10.5 Å². The molecular formula is C19H19FN2O2. The molecular weight excluding hydrogens is 307 g/mol. The summed E-state index contributed by atoms with van der Waals surface area (Å²) in [5.74, 6) is 0.0630. The molecule has 1 atom stereocenters. The third-order valence-corrected chi connectivity index (χ3v) is 4.84. The van der Waals surface area contributed by atoms with Crippen molar-refractivity contribution in [1.82, 2.24) is 4.98 Å². The van der Waals surface area contributed by atoms with Crippen LogP contribution in [0.15, 0.2) is 24.3 Å². The normalized spacial score (nSPS) is 19.5. The van der Waals surface area contributed by atoms with Crippen molar-refractivity contribution < 1.29 is 13.9 Å². The molecule has 1 aliphatic carbocycles. The van der Waals surface area contributed by atoms with E-state index in [2.05, 4.69) is 4.98 Å². The number of amides is 1. The molecule has 0 unspecified atom stereocenters. The summed E-state index contributed by atoms with van der Waals surface area (Å²) in [5.41, 5.74) is 8.34. The van der Waals surface area contributed by atoms with Crippen LogP contribution < -0.4 is 10.5 Å². The number of fused-ring (bicyclic) bond motifs is 1.